The largest absolute Gasteiger partial charge is 0.481 e. The number of carboxylic acids is 1. The average Bonchev–Trinajstić information content (AvgIpc) is 2.62. The highest BCUT2D eigenvalue weighted by molar-refractivity contribution is 5.95. The van der Waals surface area contributed by atoms with E-state index in [1.54, 1.807) is 12.1 Å². The maximum absolute atomic E-state index is 12.7. The lowest BCUT2D eigenvalue weighted by Crippen LogP contribution is -2.44. The minimum atomic E-state index is -1.03. The molecule has 1 heterocycles. The Morgan fingerprint density at radius 3 is 2.44 bits per heavy atom. The van der Waals surface area contributed by atoms with E-state index in [9.17, 15) is 9.59 Å². The quantitative estimate of drug-likeness (QED) is 0.724. The first-order valence-corrected chi connectivity index (χ1v) is 9.73. The van der Waals surface area contributed by atoms with Crippen molar-refractivity contribution < 1.29 is 24.2 Å². The van der Waals surface area contributed by atoms with Crippen molar-refractivity contribution in [3.63, 3.8) is 0 Å². The van der Waals surface area contributed by atoms with Crippen molar-refractivity contribution in [1.82, 2.24) is 5.32 Å². The van der Waals surface area contributed by atoms with Crippen molar-refractivity contribution in [1.29, 1.82) is 0 Å². The third kappa shape index (κ3) is 5.70. The van der Waals surface area contributed by atoms with E-state index in [-0.39, 0.29) is 18.1 Å². The molecule has 27 heavy (non-hydrogen) atoms. The number of hydrogen-bond acceptors (Lipinski definition) is 4. The Hall–Kier alpha value is -2.08. The molecule has 0 saturated carbocycles. The molecule has 0 aromatic heterocycles. The number of carbonyl (C=O) groups is 2. The zero-order chi connectivity index (χ0) is 20.0. The van der Waals surface area contributed by atoms with Gasteiger partial charge in [0.15, 0.2) is 6.61 Å². The third-order valence-corrected chi connectivity index (χ3v) is 5.29. The van der Waals surface area contributed by atoms with E-state index >= 15 is 0 Å². The van der Waals surface area contributed by atoms with Crippen molar-refractivity contribution in [2.75, 3.05) is 13.2 Å². The number of carbonyl (C=O) groups excluding carboxylic acids is 1. The van der Waals surface area contributed by atoms with Crippen LogP contribution >= 0.6 is 0 Å². The zero-order valence-corrected chi connectivity index (χ0v) is 16.7. The van der Waals surface area contributed by atoms with E-state index in [1.807, 2.05) is 13.8 Å². The fraction of sp³-hybridized carbons (Fsp3) is 0.619. The number of ether oxygens (including phenoxy) is 2. The molecule has 2 N–H and O–H groups in total. The highest BCUT2D eigenvalue weighted by atomic mass is 16.5. The van der Waals surface area contributed by atoms with Gasteiger partial charge in [0.2, 0.25) is 0 Å². The monoisotopic (exact) mass is 377 g/mol. The second-order valence-corrected chi connectivity index (χ2v) is 7.30. The van der Waals surface area contributed by atoms with E-state index in [4.69, 9.17) is 14.6 Å². The number of aliphatic carboxylic acids is 1. The summed E-state index contributed by atoms with van der Waals surface area (Å²) in [6, 6.07) is 3.61. The number of nitrogens with one attached hydrogen (secondary N) is 1. The van der Waals surface area contributed by atoms with Crippen LogP contribution in [0.25, 0.3) is 0 Å². The molecule has 1 aliphatic heterocycles. The van der Waals surface area contributed by atoms with Gasteiger partial charge in [-0.15, -0.1) is 0 Å². The number of rotatable bonds is 8. The van der Waals surface area contributed by atoms with E-state index in [0.29, 0.717) is 23.8 Å². The highest BCUT2D eigenvalue weighted by Gasteiger charge is 2.28. The smallest absolute Gasteiger partial charge is 0.341 e. The summed E-state index contributed by atoms with van der Waals surface area (Å²) in [5.74, 6) is -0.0861. The molecule has 0 radical (unpaired) electrons. The lowest BCUT2D eigenvalue weighted by atomic mass is 9.89. The second-order valence-electron chi connectivity index (χ2n) is 7.30. The minimum absolute atomic E-state index is 0.110. The summed E-state index contributed by atoms with van der Waals surface area (Å²) in [6.07, 6.45) is 4.03. The summed E-state index contributed by atoms with van der Waals surface area (Å²) < 4.78 is 11.3. The number of carboxylic acid groups (broad SMARTS) is 1. The zero-order valence-electron chi connectivity index (χ0n) is 16.7. The molecule has 0 aliphatic carbocycles. The van der Waals surface area contributed by atoms with Crippen LogP contribution in [-0.2, 0) is 9.53 Å². The Labute approximate surface area is 161 Å². The van der Waals surface area contributed by atoms with Crippen LogP contribution in [0.3, 0.4) is 0 Å². The van der Waals surface area contributed by atoms with E-state index in [1.165, 1.54) is 0 Å². The summed E-state index contributed by atoms with van der Waals surface area (Å²) in [5.41, 5.74) is 2.07. The van der Waals surface area contributed by atoms with Crippen LogP contribution in [0.1, 0.15) is 61.0 Å². The lowest BCUT2D eigenvalue weighted by Gasteiger charge is -2.34. The van der Waals surface area contributed by atoms with Gasteiger partial charge in [0.05, 0.1) is 6.10 Å². The number of hydrogen-bond donors (Lipinski definition) is 2. The first-order valence-electron chi connectivity index (χ1n) is 9.73. The van der Waals surface area contributed by atoms with E-state index in [2.05, 4.69) is 19.2 Å². The van der Waals surface area contributed by atoms with Gasteiger partial charge in [-0.1, -0.05) is 26.7 Å². The first kappa shape index (κ1) is 21.2. The van der Waals surface area contributed by atoms with Gasteiger partial charge >= 0.3 is 5.97 Å². The van der Waals surface area contributed by atoms with Crippen molar-refractivity contribution in [2.24, 2.45) is 5.92 Å². The summed E-state index contributed by atoms with van der Waals surface area (Å²) in [5, 5.41) is 11.9. The maximum atomic E-state index is 12.7. The van der Waals surface area contributed by atoms with Gasteiger partial charge in [-0.3, -0.25) is 4.79 Å². The Bertz CT molecular complexity index is 646. The van der Waals surface area contributed by atoms with Crippen LogP contribution in [0.4, 0.5) is 0 Å². The molecule has 1 fully saturated rings. The molecule has 1 amide bonds. The number of benzene rings is 1. The molecular formula is C21H31NO5. The SMILES string of the molecule is CCC(CC)C1CC(NC(=O)c2cc(C)c(OCC(=O)O)c(C)c2)CCO1. The van der Waals surface area contributed by atoms with Gasteiger partial charge in [-0.25, -0.2) is 4.79 Å². The van der Waals surface area contributed by atoms with Crippen LogP contribution in [-0.4, -0.2) is 42.3 Å². The van der Waals surface area contributed by atoms with Crippen molar-refractivity contribution in [2.45, 2.75) is 65.5 Å². The van der Waals surface area contributed by atoms with Gasteiger partial charge in [0.25, 0.3) is 5.91 Å². The maximum Gasteiger partial charge on any atom is 0.341 e. The highest BCUT2D eigenvalue weighted by Crippen LogP contribution is 2.27. The lowest BCUT2D eigenvalue weighted by molar-refractivity contribution is -0.139. The molecule has 2 unspecified atom stereocenters. The normalized spacial score (nSPS) is 19.7. The van der Waals surface area contributed by atoms with Crippen LogP contribution in [0.5, 0.6) is 5.75 Å². The van der Waals surface area contributed by atoms with Gasteiger partial charge < -0.3 is 19.9 Å². The molecule has 0 bridgehead atoms. The van der Waals surface area contributed by atoms with Crippen LogP contribution in [0, 0.1) is 19.8 Å². The van der Waals surface area contributed by atoms with Gasteiger partial charge in [0, 0.05) is 18.2 Å². The van der Waals surface area contributed by atoms with Gasteiger partial charge in [-0.05, 0) is 55.9 Å². The fourth-order valence-corrected chi connectivity index (χ4v) is 3.81. The predicted molar refractivity (Wildman–Crippen MR) is 103 cm³/mol. The molecule has 150 valence electrons. The molecular weight excluding hydrogens is 346 g/mol. The van der Waals surface area contributed by atoms with E-state index < -0.39 is 12.6 Å². The molecule has 1 saturated heterocycles. The Balaban J connectivity index is 2.04. The van der Waals surface area contributed by atoms with Crippen molar-refractivity contribution in [3.05, 3.63) is 28.8 Å². The molecule has 6 heteroatoms. The molecule has 1 aliphatic rings. The molecule has 2 atom stereocenters. The molecule has 2 rings (SSSR count). The molecule has 1 aromatic rings. The standard InChI is InChI=1S/C21H31NO5/c1-5-15(6-2)18-11-17(7-8-26-18)22-21(25)16-9-13(3)20(14(4)10-16)27-12-19(23)24/h9-10,15,17-18H,5-8,11-12H2,1-4H3,(H,22,25)(H,23,24). The fourth-order valence-electron chi connectivity index (χ4n) is 3.81. The van der Waals surface area contributed by atoms with Crippen LogP contribution in [0.15, 0.2) is 12.1 Å². The third-order valence-electron chi connectivity index (χ3n) is 5.29. The summed E-state index contributed by atoms with van der Waals surface area (Å²) in [7, 11) is 0. The number of amides is 1. The summed E-state index contributed by atoms with van der Waals surface area (Å²) >= 11 is 0. The molecule has 1 aromatic carbocycles. The predicted octanol–water partition coefficient (Wildman–Crippen LogP) is 3.48. The second kappa shape index (κ2) is 9.74. The van der Waals surface area contributed by atoms with Crippen LogP contribution in [0.2, 0.25) is 0 Å². The minimum Gasteiger partial charge on any atom is -0.481 e. The summed E-state index contributed by atoms with van der Waals surface area (Å²) in [6.45, 7) is 8.27. The summed E-state index contributed by atoms with van der Waals surface area (Å²) in [4.78, 5) is 23.4. The van der Waals surface area contributed by atoms with Crippen molar-refractivity contribution in [3.8, 4) is 5.75 Å². The molecule has 6 nitrogen and oxygen atoms in total. The topological polar surface area (TPSA) is 84.9 Å². The van der Waals surface area contributed by atoms with Gasteiger partial charge in [0.1, 0.15) is 5.75 Å². The average molecular weight is 377 g/mol. The number of aryl methyl sites for hydroxylation is 2. The first-order chi connectivity index (χ1) is 12.8. The Morgan fingerprint density at radius 2 is 1.89 bits per heavy atom. The van der Waals surface area contributed by atoms with E-state index in [0.717, 1.165) is 36.8 Å². The van der Waals surface area contributed by atoms with Crippen LogP contribution < -0.4 is 10.1 Å². The van der Waals surface area contributed by atoms with Gasteiger partial charge in [-0.2, -0.15) is 0 Å². The Kier molecular flexibility index (Phi) is 7.66. The van der Waals surface area contributed by atoms with Crippen molar-refractivity contribution >= 4 is 11.9 Å². The molecule has 0 spiro atoms. The Morgan fingerprint density at radius 1 is 1.26 bits per heavy atom.